The van der Waals surface area contributed by atoms with Crippen LogP contribution < -0.4 is 0 Å². The van der Waals surface area contributed by atoms with Gasteiger partial charge in [-0.15, -0.1) is 11.3 Å². The maximum atomic E-state index is 12.5. The van der Waals surface area contributed by atoms with E-state index in [2.05, 4.69) is 4.98 Å². The van der Waals surface area contributed by atoms with Crippen molar-refractivity contribution in [1.29, 1.82) is 0 Å². The molecule has 0 fully saturated rings. The van der Waals surface area contributed by atoms with Gasteiger partial charge in [-0.3, -0.25) is 0 Å². The number of hydrogen-bond acceptors (Lipinski definition) is 5. The second kappa shape index (κ2) is 5.65. The molecule has 1 N–H and O–H groups in total. The third-order valence-electron chi connectivity index (χ3n) is 3.16. The third kappa shape index (κ3) is 2.78. The van der Waals surface area contributed by atoms with Crippen molar-refractivity contribution in [3.8, 4) is 0 Å². The minimum atomic E-state index is -3.56. The largest absolute Gasteiger partial charge is 0.390 e. The van der Waals surface area contributed by atoms with Crippen LogP contribution in [0.15, 0.2) is 22.7 Å². The lowest BCUT2D eigenvalue weighted by molar-refractivity contribution is 0.272. The molecule has 2 rings (SSSR count). The van der Waals surface area contributed by atoms with Crippen LogP contribution in [0, 0.1) is 6.92 Å². The number of nitrogens with zero attached hydrogens (tertiary/aromatic N) is 3. The predicted octanol–water partition coefficient (Wildman–Crippen LogP) is 1.10. The second-order valence-corrected chi connectivity index (χ2v) is 7.54. The molecule has 0 aliphatic heterocycles. The van der Waals surface area contributed by atoms with E-state index in [4.69, 9.17) is 5.11 Å². The minimum Gasteiger partial charge on any atom is -0.390 e. The second-order valence-electron chi connectivity index (χ2n) is 4.56. The molecule has 0 aromatic carbocycles. The number of rotatable bonds is 5. The molecule has 0 aliphatic rings. The van der Waals surface area contributed by atoms with Crippen molar-refractivity contribution in [1.82, 2.24) is 13.9 Å². The summed E-state index contributed by atoms with van der Waals surface area (Å²) in [5.41, 5.74) is 3.12. The number of hydrogen-bond donors (Lipinski definition) is 1. The Morgan fingerprint density at radius 3 is 2.70 bits per heavy atom. The molecule has 6 nitrogen and oxygen atoms in total. The maximum Gasteiger partial charge on any atom is 0.244 e. The minimum absolute atomic E-state index is 0.189. The SMILES string of the molecule is Cc1ncsc1CN(C)S(=O)(=O)c1cc(CO)n(C)c1. The summed E-state index contributed by atoms with van der Waals surface area (Å²) < 4.78 is 27.8. The molecule has 2 aromatic heterocycles. The van der Waals surface area contributed by atoms with Gasteiger partial charge in [0.25, 0.3) is 0 Å². The molecule has 8 heteroatoms. The lowest BCUT2D eigenvalue weighted by atomic mass is 10.4. The number of aliphatic hydroxyl groups excluding tert-OH is 1. The topological polar surface area (TPSA) is 75.4 Å². The maximum absolute atomic E-state index is 12.5. The summed E-state index contributed by atoms with van der Waals surface area (Å²) in [6.45, 7) is 1.96. The molecule has 0 radical (unpaired) electrons. The first-order valence-electron chi connectivity index (χ1n) is 5.97. The van der Waals surface area contributed by atoms with Gasteiger partial charge in [-0.1, -0.05) is 0 Å². The van der Waals surface area contributed by atoms with Crippen LogP contribution in [0.2, 0.25) is 0 Å². The first kappa shape index (κ1) is 15.2. The Kier molecular flexibility index (Phi) is 4.28. The fourth-order valence-electron chi connectivity index (χ4n) is 1.82. The average Bonchev–Trinajstić information content (AvgIpc) is 2.96. The van der Waals surface area contributed by atoms with Crippen molar-refractivity contribution in [2.24, 2.45) is 7.05 Å². The van der Waals surface area contributed by atoms with E-state index >= 15 is 0 Å². The van der Waals surface area contributed by atoms with E-state index in [1.54, 1.807) is 24.2 Å². The van der Waals surface area contributed by atoms with Crippen molar-refractivity contribution >= 4 is 21.4 Å². The van der Waals surface area contributed by atoms with Gasteiger partial charge in [-0.2, -0.15) is 4.31 Å². The molecule has 0 spiro atoms. The standard InChI is InChI=1S/C12H17N3O3S2/c1-9-12(19-8-13-9)6-15(3)20(17,18)11-4-10(7-16)14(2)5-11/h4-5,8,16H,6-7H2,1-3H3. The van der Waals surface area contributed by atoms with Gasteiger partial charge in [0.1, 0.15) is 4.90 Å². The number of sulfonamides is 1. The van der Waals surface area contributed by atoms with E-state index in [0.29, 0.717) is 12.2 Å². The van der Waals surface area contributed by atoms with Crippen LogP contribution in [0.25, 0.3) is 0 Å². The lowest BCUT2D eigenvalue weighted by Crippen LogP contribution is -2.26. The molecular formula is C12H17N3O3S2. The van der Waals surface area contributed by atoms with Crippen LogP contribution in [0.5, 0.6) is 0 Å². The monoisotopic (exact) mass is 315 g/mol. The van der Waals surface area contributed by atoms with Gasteiger partial charge in [0.15, 0.2) is 0 Å². The van der Waals surface area contributed by atoms with Gasteiger partial charge in [0.2, 0.25) is 10.0 Å². The third-order valence-corrected chi connectivity index (χ3v) is 5.85. The van der Waals surface area contributed by atoms with Crippen LogP contribution in [0.4, 0.5) is 0 Å². The molecular weight excluding hydrogens is 298 g/mol. The molecule has 0 aliphatic carbocycles. The molecule has 2 aromatic rings. The number of thiazole rings is 1. The van der Waals surface area contributed by atoms with E-state index in [9.17, 15) is 8.42 Å². The summed E-state index contributed by atoms with van der Waals surface area (Å²) in [7, 11) is -0.315. The van der Waals surface area contributed by atoms with Crippen LogP contribution in [-0.2, 0) is 30.2 Å². The molecule has 2 heterocycles. The number of aryl methyl sites for hydroxylation is 2. The van der Waals surface area contributed by atoms with Gasteiger partial charge in [0, 0.05) is 37.4 Å². The van der Waals surface area contributed by atoms with E-state index in [1.807, 2.05) is 6.92 Å². The van der Waals surface area contributed by atoms with Gasteiger partial charge in [-0.25, -0.2) is 13.4 Å². The highest BCUT2D eigenvalue weighted by Crippen LogP contribution is 2.21. The molecule has 0 atom stereocenters. The number of aromatic nitrogens is 2. The zero-order valence-corrected chi connectivity index (χ0v) is 13.2. The van der Waals surface area contributed by atoms with Crippen molar-refractivity contribution in [3.05, 3.63) is 34.0 Å². The summed E-state index contributed by atoms with van der Waals surface area (Å²) in [6, 6.07) is 1.49. The van der Waals surface area contributed by atoms with Crippen molar-refractivity contribution in [2.45, 2.75) is 25.0 Å². The predicted molar refractivity (Wildman–Crippen MR) is 76.8 cm³/mol. The first-order valence-corrected chi connectivity index (χ1v) is 8.29. The Hall–Kier alpha value is -1.22. The smallest absolute Gasteiger partial charge is 0.244 e. The highest BCUT2D eigenvalue weighted by Gasteiger charge is 2.24. The molecule has 0 saturated heterocycles. The van der Waals surface area contributed by atoms with Gasteiger partial charge >= 0.3 is 0 Å². The summed E-state index contributed by atoms with van der Waals surface area (Å²) in [5, 5.41) is 9.14. The highest BCUT2D eigenvalue weighted by atomic mass is 32.2. The lowest BCUT2D eigenvalue weighted by Gasteiger charge is -2.15. The molecule has 0 amide bonds. The molecule has 0 unspecified atom stereocenters. The van der Waals surface area contributed by atoms with Gasteiger partial charge < -0.3 is 9.67 Å². The quantitative estimate of drug-likeness (QED) is 0.896. The summed E-state index contributed by atoms with van der Waals surface area (Å²) in [4.78, 5) is 5.23. The molecule has 110 valence electrons. The van der Waals surface area contributed by atoms with Crippen molar-refractivity contribution < 1.29 is 13.5 Å². The summed E-state index contributed by atoms with van der Waals surface area (Å²) in [5.74, 6) is 0. The van der Waals surface area contributed by atoms with Crippen LogP contribution in [-0.4, -0.2) is 34.4 Å². The zero-order valence-electron chi connectivity index (χ0n) is 11.6. The molecule has 0 saturated carbocycles. The van der Waals surface area contributed by atoms with Gasteiger partial charge in [0.05, 0.1) is 17.8 Å². The van der Waals surface area contributed by atoms with Crippen molar-refractivity contribution in [3.63, 3.8) is 0 Å². The fraction of sp³-hybridized carbons (Fsp3) is 0.417. The highest BCUT2D eigenvalue weighted by molar-refractivity contribution is 7.89. The van der Waals surface area contributed by atoms with E-state index in [1.165, 1.54) is 27.9 Å². The zero-order chi connectivity index (χ0) is 14.9. The van der Waals surface area contributed by atoms with Crippen LogP contribution >= 0.6 is 11.3 Å². The average molecular weight is 315 g/mol. The summed E-state index contributed by atoms with van der Waals surface area (Å²) >= 11 is 1.44. The first-order chi connectivity index (χ1) is 9.36. The molecule has 0 bridgehead atoms. The summed E-state index contributed by atoms with van der Waals surface area (Å²) in [6.07, 6.45) is 1.51. The normalized spacial score (nSPS) is 12.2. The number of aliphatic hydroxyl groups is 1. The van der Waals surface area contributed by atoms with E-state index in [-0.39, 0.29) is 11.5 Å². The molecule has 20 heavy (non-hydrogen) atoms. The Morgan fingerprint density at radius 2 is 2.20 bits per heavy atom. The van der Waals surface area contributed by atoms with Crippen molar-refractivity contribution in [2.75, 3.05) is 7.05 Å². The Morgan fingerprint density at radius 1 is 1.50 bits per heavy atom. The van der Waals surface area contributed by atoms with E-state index in [0.717, 1.165) is 10.6 Å². The van der Waals surface area contributed by atoms with Crippen LogP contribution in [0.1, 0.15) is 16.3 Å². The van der Waals surface area contributed by atoms with E-state index < -0.39 is 10.0 Å². The van der Waals surface area contributed by atoms with Crippen LogP contribution in [0.3, 0.4) is 0 Å². The Bertz CT molecular complexity index is 703. The fourth-order valence-corrected chi connectivity index (χ4v) is 3.97. The van der Waals surface area contributed by atoms with Gasteiger partial charge in [-0.05, 0) is 13.0 Å². The Balaban J connectivity index is 2.27. The Labute approximate surface area is 122 Å².